The number of benzene rings is 12. The molecule has 75 heavy (non-hydrogen) atoms. The van der Waals surface area contributed by atoms with Crippen LogP contribution in [0.1, 0.15) is 22.3 Å². The van der Waals surface area contributed by atoms with Crippen LogP contribution in [0.2, 0.25) is 0 Å². The molecule has 13 aromatic rings. The van der Waals surface area contributed by atoms with E-state index >= 15 is 0 Å². The maximum absolute atomic E-state index is 5.51. The summed E-state index contributed by atoms with van der Waals surface area (Å²) in [7, 11) is 0. The smallest absolute Gasteiger partial charge is 0.160 e. The molecule has 0 bridgehead atoms. The average molecular weight is 951 g/mol. The van der Waals surface area contributed by atoms with Gasteiger partial charge in [0, 0.05) is 16.7 Å². The summed E-state index contributed by atoms with van der Waals surface area (Å²) in [5, 5.41) is 4.89. The van der Waals surface area contributed by atoms with Gasteiger partial charge in [0.05, 0.1) is 16.8 Å². The van der Waals surface area contributed by atoms with E-state index in [1.165, 1.54) is 82.7 Å². The predicted molar refractivity (Wildman–Crippen MR) is 311 cm³/mol. The minimum atomic E-state index is -0.426. The number of fused-ring (bicyclic) bond motifs is 12. The second kappa shape index (κ2) is 17.2. The fourth-order valence-electron chi connectivity index (χ4n) is 12.7. The Hall–Kier alpha value is -9.76. The van der Waals surface area contributed by atoms with Gasteiger partial charge in [-0.15, -0.1) is 0 Å². The van der Waals surface area contributed by atoms with Crippen LogP contribution in [-0.2, 0) is 5.41 Å². The Labute approximate surface area is 436 Å². The van der Waals surface area contributed by atoms with Gasteiger partial charge in [0.2, 0.25) is 0 Å². The summed E-state index contributed by atoms with van der Waals surface area (Å²) in [6.45, 7) is 0. The van der Waals surface area contributed by atoms with Crippen LogP contribution in [0.15, 0.2) is 279 Å². The molecule has 1 aromatic heterocycles. The van der Waals surface area contributed by atoms with Crippen molar-refractivity contribution in [3.05, 3.63) is 301 Å². The minimum absolute atomic E-state index is 0.426. The van der Waals surface area contributed by atoms with Gasteiger partial charge >= 0.3 is 0 Å². The zero-order valence-corrected chi connectivity index (χ0v) is 41.0. The van der Waals surface area contributed by atoms with Gasteiger partial charge < -0.3 is 0 Å². The van der Waals surface area contributed by atoms with E-state index in [0.29, 0.717) is 5.82 Å². The molecule has 1 spiro atoms. The van der Waals surface area contributed by atoms with Gasteiger partial charge in [-0.2, -0.15) is 0 Å². The van der Waals surface area contributed by atoms with E-state index < -0.39 is 5.41 Å². The molecule has 2 aliphatic carbocycles. The van der Waals surface area contributed by atoms with Gasteiger partial charge in [0.1, 0.15) is 0 Å². The number of aromatic nitrogens is 2. The standard InChI is InChI=1S/C73H46N2/c1-3-20-47(21-4-1)49-24-17-26-52(42-49)68-46-69(53-27-19-28-54(44-53)71-62-35-9-7-33-60(62)70(48-22-5-2-6-23-48)61-34-8-10-36-63(61)71)75-72(74-68)55-29-18-25-50(43-55)51-40-41-59-58-32-13-16-39-66(58)73(67(59)45-51)64-37-14-11-30-56(64)57-31-12-15-38-65(57)73/h1-46H. The highest BCUT2D eigenvalue weighted by atomic mass is 14.9. The van der Waals surface area contributed by atoms with Crippen LogP contribution in [0.4, 0.5) is 0 Å². The Balaban J connectivity index is 0.896. The molecule has 0 amide bonds. The Bertz CT molecular complexity index is 4300. The molecule has 0 aliphatic heterocycles. The molecule has 348 valence electrons. The number of hydrogen-bond acceptors (Lipinski definition) is 2. The molecule has 0 saturated carbocycles. The maximum atomic E-state index is 5.51. The lowest BCUT2D eigenvalue weighted by atomic mass is 9.70. The van der Waals surface area contributed by atoms with Crippen LogP contribution >= 0.6 is 0 Å². The average Bonchev–Trinajstić information content (AvgIpc) is 4.00. The molecule has 1 heterocycles. The van der Waals surface area contributed by atoms with Gasteiger partial charge in [0.15, 0.2) is 5.82 Å². The molecule has 12 aromatic carbocycles. The van der Waals surface area contributed by atoms with Gasteiger partial charge in [-0.05, 0) is 141 Å². The lowest BCUT2D eigenvalue weighted by Crippen LogP contribution is -2.25. The van der Waals surface area contributed by atoms with Crippen molar-refractivity contribution < 1.29 is 0 Å². The molecule has 0 atom stereocenters. The molecule has 0 unspecified atom stereocenters. The van der Waals surface area contributed by atoms with Crippen molar-refractivity contribution in [1.29, 1.82) is 0 Å². The highest BCUT2D eigenvalue weighted by Crippen LogP contribution is 2.63. The Morgan fingerprint density at radius 2 is 0.573 bits per heavy atom. The largest absolute Gasteiger partial charge is 0.228 e. The molecular formula is C73H46N2. The van der Waals surface area contributed by atoms with Crippen molar-refractivity contribution >= 4 is 21.5 Å². The van der Waals surface area contributed by atoms with Crippen molar-refractivity contribution in [2.45, 2.75) is 5.41 Å². The highest BCUT2D eigenvalue weighted by Gasteiger charge is 2.51. The van der Waals surface area contributed by atoms with Gasteiger partial charge in [0.25, 0.3) is 0 Å². The van der Waals surface area contributed by atoms with Crippen LogP contribution < -0.4 is 0 Å². The van der Waals surface area contributed by atoms with Crippen LogP contribution in [0.5, 0.6) is 0 Å². The first-order chi connectivity index (χ1) is 37.2. The molecule has 0 fully saturated rings. The quantitative estimate of drug-likeness (QED) is 0.149. The SMILES string of the molecule is c1ccc(-c2cccc(-c3cc(-c4cccc(-c5c6ccccc6c(-c6ccccc6)c6ccccc56)c4)nc(-c4cccc(-c5ccc6c(c5)C5(c7ccccc7-c7ccccc75)c5ccccc5-6)c4)n3)c2)cc1. The summed E-state index contributed by atoms with van der Waals surface area (Å²) in [5.41, 5.74) is 24.2. The first kappa shape index (κ1) is 42.9. The van der Waals surface area contributed by atoms with Crippen LogP contribution in [-0.4, -0.2) is 9.97 Å². The fourth-order valence-corrected chi connectivity index (χ4v) is 12.7. The summed E-state index contributed by atoms with van der Waals surface area (Å²) >= 11 is 0. The fraction of sp³-hybridized carbons (Fsp3) is 0.0137. The summed E-state index contributed by atoms with van der Waals surface area (Å²) < 4.78 is 0. The molecule has 15 rings (SSSR count). The molecule has 0 N–H and O–H groups in total. The predicted octanol–water partition coefficient (Wildman–Crippen LogP) is 18.8. The summed E-state index contributed by atoms with van der Waals surface area (Å²) in [4.78, 5) is 11.0. The van der Waals surface area contributed by atoms with Crippen molar-refractivity contribution in [2.24, 2.45) is 0 Å². The third kappa shape index (κ3) is 6.73. The molecule has 0 saturated heterocycles. The Morgan fingerprint density at radius 3 is 1.12 bits per heavy atom. The van der Waals surface area contributed by atoms with E-state index in [1.54, 1.807) is 0 Å². The third-order valence-corrected chi connectivity index (χ3v) is 15.9. The minimum Gasteiger partial charge on any atom is -0.228 e. The van der Waals surface area contributed by atoms with Gasteiger partial charge in [-0.1, -0.05) is 249 Å². The van der Waals surface area contributed by atoms with Crippen molar-refractivity contribution in [3.63, 3.8) is 0 Å². The second-order valence-electron chi connectivity index (χ2n) is 19.9. The molecular weight excluding hydrogens is 905 g/mol. The van der Waals surface area contributed by atoms with E-state index in [4.69, 9.17) is 9.97 Å². The zero-order chi connectivity index (χ0) is 49.5. The van der Waals surface area contributed by atoms with Gasteiger partial charge in [-0.25, -0.2) is 9.97 Å². The van der Waals surface area contributed by atoms with E-state index in [9.17, 15) is 0 Å². The van der Waals surface area contributed by atoms with Crippen molar-refractivity contribution in [1.82, 2.24) is 9.97 Å². The Kier molecular flexibility index (Phi) is 9.83. The van der Waals surface area contributed by atoms with Crippen molar-refractivity contribution in [3.8, 4) is 101 Å². The lowest BCUT2D eigenvalue weighted by Gasteiger charge is -2.30. The monoisotopic (exact) mass is 950 g/mol. The first-order valence-electron chi connectivity index (χ1n) is 25.9. The summed E-state index contributed by atoms with van der Waals surface area (Å²) in [5.74, 6) is 0.673. The summed E-state index contributed by atoms with van der Waals surface area (Å²) in [6.07, 6.45) is 0. The number of hydrogen-bond donors (Lipinski definition) is 0. The lowest BCUT2D eigenvalue weighted by molar-refractivity contribution is 0.794. The van der Waals surface area contributed by atoms with Crippen LogP contribution in [0, 0.1) is 0 Å². The molecule has 0 radical (unpaired) electrons. The second-order valence-corrected chi connectivity index (χ2v) is 19.9. The van der Waals surface area contributed by atoms with Crippen molar-refractivity contribution in [2.75, 3.05) is 0 Å². The van der Waals surface area contributed by atoms with Gasteiger partial charge in [-0.3, -0.25) is 0 Å². The van der Waals surface area contributed by atoms with Crippen LogP contribution in [0.3, 0.4) is 0 Å². The zero-order valence-electron chi connectivity index (χ0n) is 41.0. The van der Waals surface area contributed by atoms with E-state index in [-0.39, 0.29) is 0 Å². The number of nitrogens with zero attached hydrogens (tertiary/aromatic N) is 2. The van der Waals surface area contributed by atoms with E-state index in [0.717, 1.165) is 55.9 Å². The van der Waals surface area contributed by atoms with Crippen LogP contribution in [0.25, 0.3) is 122 Å². The van der Waals surface area contributed by atoms with E-state index in [2.05, 4.69) is 279 Å². The topological polar surface area (TPSA) is 25.8 Å². The maximum Gasteiger partial charge on any atom is 0.160 e. The van der Waals surface area contributed by atoms with E-state index in [1.807, 2.05) is 0 Å². The molecule has 2 aliphatic rings. The summed E-state index contributed by atoms with van der Waals surface area (Å²) in [6, 6.07) is 102. The number of rotatable bonds is 7. The first-order valence-corrected chi connectivity index (χ1v) is 25.9. The Morgan fingerprint density at radius 1 is 0.213 bits per heavy atom. The molecule has 2 heteroatoms. The highest BCUT2D eigenvalue weighted by molar-refractivity contribution is 6.21. The normalized spacial score (nSPS) is 12.6. The third-order valence-electron chi connectivity index (χ3n) is 15.9. The molecule has 2 nitrogen and oxygen atoms in total.